The van der Waals surface area contributed by atoms with Crippen LogP contribution in [0.1, 0.15) is 17.7 Å². The summed E-state index contributed by atoms with van der Waals surface area (Å²) in [6, 6.07) is 8.45. The largest absolute Gasteiger partial charge is 0.396 e. The van der Waals surface area contributed by atoms with Gasteiger partial charge in [-0.1, -0.05) is 18.2 Å². The van der Waals surface area contributed by atoms with Crippen LogP contribution in [0.2, 0.25) is 0 Å². The van der Waals surface area contributed by atoms with E-state index < -0.39 is 0 Å². The highest BCUT2D eigenvalue weighted by Gasteiger charge is 2.10. The zero-order chi connectivity index (χ0) is 10.8. The van der Waals surface area contributed by atoms with Gasteiger partial charge < -0.3 is 9.67 Å². The molecule has 2 aromatic rings. The third-order valence-electron chi connectivity index (χ3n) is 3.12. The minimum atomic E-state index is 0.267. The van der Waals surface area contributed by atoms with Crippen molar-refractivity contribution in [2.45, 2.75) is 19.8 Å². The molecule has 0 fully saturated rings. The second-order valence-electron chi connectivity index (χ2n) is 3.97. The van der Waals surface area contributed by atoms with Gasteiger partial charge in [-0.05, 0) is 31.4 Å². The third kappa shape index (κ3) is 1.65. The molecule has 0 aliphatic rings. The van der Waals surface area contributed by atoms with Gasteiger partial charge in [0.05, 0.1) is 0 Å². The molecule has 0 amide bonds. The molecule has 1 aromatic carbocycles. The van der Waals surface area contributed by atoms with E-state index >= 15 is 0 Å². The van der Waals surface area contributed by atoms with E-state index in [1.807, 2.05) is 0 Å². The molecule has 0 bridgehead atoms. The molecular formula is C13H17NO. The summed E-state index contributed by atoms with van der Waals surface area (Å²) in [5.41, 5.74) is 3.97. The molecule has 0 saturated heterocycles. The fraction of sp³-hybridized carbons (Fsp3) is 0.385. The van der Waals surface area contributed by atoms with Crippen LogP contribution in [0.25, 0.3) is 10.9 Å². The van der Waals surface area contributed by atoms with Gasteiger partial charge in [-0.2, -0.15) is 0 Å². The molecule has 0 aliphatic carbocycles. The number of hydrogen-bond donors (Lipinski definition) is 1. The van der Waals surface area contributed by atoms with Gasteiger partial charge in [0.2, 0.25) is 0 Å². The normalized spacial score (nSPS) is 11.1. The van der Waals surface area contributed by atoms with E-state index in [0.717, 1.165) is 12.8 Å². The lowest BCUT2D eigenvalue weighted by atomic mass is 10.1. The molecule has 15 heavy (non-hydrogen) atoms. The van der Waals surface area contributed by atoms with Crippen LogP contribution < -0.4 is 0 Å². The van der Waals surface area contributed by atoms with Crippen molar-refractivity contribution in [2.24, 2.45) is 7.05 Å². The van der Waals surface area contributed by atoms with Crippen LogP contribution in [-0.4, -0.2) is 16.3 Å². The smallest absolute Gasteiger partial charge is 0.0482 e. The molecule has 80 valence electrons. The van der Waals surface area contributed by atoms with Gasteiger partial charge in [0.25, 0.3) is 0 Å². The number of aliphatic hydroxyl groups excluding tert-OH is 1. The second-order valence-corrected chi connectivity index (χ2v) is 3.97. The molecular weight excluding hydrogens is 186 g/mol. The zero-order valence-corrected chi connectivity index (χ0v) is 9.33. The Bertz CT molecular complexity index is 471. The first-order valence-corrected chi connectivity index (χ1v) is 5.39. The number of aryl methyl sites for hydroxylation is 2. The lowest BCUT2D eigenvalue weighted by Gasteiger charge is -2.00. The molecule has 0 atom stereocenters. The maximum atomic E-state index is 8.89. The summed E-state index contributed by atoms with van der Waals surface area (Å²) in [5.74, 6) is 0. The number of hydrogen-bond acceptors (Lipinski definition) is 1. The van der Waals surface area contributed by atoms with Crippen LogP contribution in [0.3, 0.4) is 0 Å². The van der Waals surface area contributed by atoms with Crippen molar-refractivity contribution in [3.8, 4) is 0 Å². The summed E-state index contributed by atoms with van der Waals surface area (Å²) >= 11 is 0. The molecule has 0 saturated carbocycles. The van der Waals surface area contributed by atoms with Crippen molar-refractivity contribution in [3.05, 3.63) is 35.5 Å². The molecule has 1 aromatic heterocycles. The Balaban J connectivity index is 2.56. The minimum Gasteiger partial charge on any atom is -0.396 e. The van der Waals surface area contributed by atoms with Crippen molar-refractivity contribution >= 4 is 10.9 Å². The van der Waals surface area contributed by atoms with Gasteiger partial charge in [0, 0.05) is 30.3 Å². The van der Waals surface area contributed by atoms with Gasteiger partial charge in [-0.3, -0.25) is 0 Å². The van der Waals surface area contributed by atoms with Gasteiger partial charge in [-0.25, -0.2) is 0 Å². The highest BCUT2D eigenvalue weighted by atomic mass is 16.2. The maximum absolute atomic E-state index is 8.89. The van der Waals surface area contributed by atoms with E-state index in [-0.39, 0.29) is 6.61 Å². The summed E-state index contributed by atoms with van der Waals surface area (Å²) in [5, 5.41) is 10.2. The van der Waals surface area contributed by atoms with E-state index in [4.69, 9.17) is 5.11 Å². The first-order valence-electron chi connectivity index (χ1n) is 5.39. The van der Waals surface area contributed by atoms with Gasteiger partial charge in [-0.15, -0.1) is 0 Å². The first-order chi connectivity index (χ1) is 7.25. The Morgan fingerprint density at radius 1 is 1.27 bits per heavy atom. The fourth-order valence-corrected chi connectivity index (χ4v) is 2.17. The predicted molar refractivity (Wildman–Crippen MR) is 63.1 cm³/mol. The average molecular weight is 203 g/mol. The maximum Gasteiger partial charge on any atom is 0.0482 e. The molecule has 0 aliphatic heterocycles. The average Bonchev–Trinajstić information content (AvgIpc) is 2.51. The van der Waals surface area contributed by atoms with E-state index in [1.54, 1.807) is 0 Å². The predicted octanol–water partition coefficient (Wildman–Crippen LogP) is 2.41. The van der Waals surface area contributed by atoms with Crippen LogP contribution in [0, 0.1) is 6.92 Å². The zero-order valence-electron chi connectivity index (χ0n) is 9.33. The van der Waals surface area contributed by atoms with Gasteiger partial charge in [0.1, 0.15) is 0 Å². The van der Waals surface area contributed by atoms with Crippen molar-refractivity contribution in [1.29, 1.82) is 0 Å². The summed E-state index contributed by atoms with van der Waals surface area (Å²) < 4.78 is 2.22. The summed E-state index contributed by atoms with van der Waals surface area (Å²) in [6.07, 6.45) is 1.80. The van der Waals surface area contributed by atoms with E-state index in [2.05, 4.69) is 42.8 Å². The van der Waals surface area contributed by atoms with Crippen molar-refractivity contribution in [3.63, 3.8) is 0 Å². The molecule has 1 N–H and O–H groups in total. The standard InChI is InChI=1S/C13H17NO/c1-10-11(7-5-9-15)12-6-3-4-8-13(12)14(10)2/h3-4,6,8,15H,5,7,9H2,1-2H3. The van der Waals surface area contributed by atoms with Gasteiger partial charge in [0.15, 0.2) is 0 Å². The summed E-state index contributed by atoms with van der Waals surface area (Å²) in [7, 11) is 2.10. The molecule has 2 rings (SSSR count). The Kier molecular flexibility index (Phi) is 2.78. The number of nitrogens with zero attached hydrogens (tertiary/aromatic N) is 1. The van der Waals surface area contributed by atoms with Crippen LogP contribution in [-0.2, 0) is 13.5 Å². The Morgan fingerprint density at radius 3 is 2.73 bits per heavy atom. The number of benzene rings is 1. The van der Waals surface area contributed by atoms with Crippen molar-refractivity contribution in [1.82, 2.24) is 4.57 Å². The van der Waals surface area contributed by atoms with Crippen molar-refractivity contribution in [2.75, 3.05) is 6.61 Å². The number of fused-ring (bicyclic) bond motifs is 1. The van der Waals surface area contributed by atoms with Crippen molar-refractivity contribution < 1.29 is 5.11 Å². The Morgan fingerprint density at radius 2 is 2.00 bits per heavy atom. The molecule has 1 heterocycles. The van der Waals surface area contributed by atoms with E-state index in [1.165, 1.54) is 22.2 Å². The highest BCUT2D eigenvalue weighted by molar-refractivity contribution is 5.85. The summed E-state index contributed by atoms with van der Waals surface area (Å²) in [4.78, 5) is 0. The molecule has 2 heteroatoms. The molecule has 2 nitrogen and oxygen atoms in total. The van der Waals surface area contributed by atoms with E-state index in [0.29, 0.717) is 0 Å². The molecule has 0 radical (unpaired) electrons. The molecule has 0 spiro atoms. The van der Waals surface area contributed by atoms with Crippen LogP contribution in [0.4, 0.5) is 0 Å². The minimum absolute atomic E-state index is 0.267. The lowest BCUT2D eigenvalue weighted by molar-refractivity contribution is 0.288. The highest BCUT2D eigenvalue weighted by Crippen LogP contribution is 2.25. The van der Waals surface area contributed by atoms with Crippen LogP contribution >= 0.6 is 0 Å². The SMILES string of the molecule is Cc1c(CCCO)c2ccccc2n1C. The third-order valence-corrected chi connectivity index (χ3v) is 3.12. The fourth-order valence-electron chi connectivity index (χ4n) is 2.17. The van der Waals surface area contributed by atoms with Gasteiger partial charge >= 0.3 is 0 Å². The Hall–Kier alpha value is -1.28. The Labute approximate surface area is 90.2 Å². The summed E-state index contributed by atoms with van der Waals surface area (Å²) in [6.45, 7) is 2.41. The number of aliphatic hydroxyl groups is 1. The number of aromatic nitrogens is 1. The quantitative estimate of drug-likeness (QED) is 0.814. The van der Waals surface area contributed by atoms with E-state index in [9.17, 15) is 0 Å². The van der Waals surface area contributed by atoms with Crippen LogP contribution in [0.15, 0.2) is 24.3 Å². The number of rotatable bonds is 3. The van der Waals surface area contributed by atoms with Crippen LogP contribution in [0.5, 0.6) is 0 Å². The monoisotopic (exact) mass is 203 g/mol. The lowest BCUT2D eigenvalue weighted by Crippen LogP contribution is -1.94. The second kappa shape index (κ2) is 4.07. The first kappa shape index (κ1) is 10.2. The molecule has 0 unspecified atom stereocenters. The number of para-hydroxylation sites is 1. The topological polar surface area (TPSA) is 25.2 Å².